The van der Waals surface area contributed by atoms with E-state index < -0.39 is 0 Å². The van der Waals surface area contributed by atoms with E-state index in [1.165, 1.54) is 0 Å². The van der Waals surface area contributed by atoms with Crippen LogP contribution in [0.5, 0.6) is 0 Å². The molecular formula is C12H13ClN2OS. The lowest BCUT2D eigenvalue weighted by Gasteiger charge is -2.20. The fourth-order valence-electron chi connectivity index (χ4n) is 1.70. The van der Waals surface area contributed by atoms with Gasteiger partial charge in [0.15, 0.2) is 5.17 Å². The lowest BCUT2D eigenvalue weighted by atomic mass is 10.2. The monoisotopic (exact) mass is 268 g/mol. The molecule has 3 nitrogen and oxygen atoms in total. The van der Waals surface area contributed by atoms with E-state index in [0.717, 1.165) is 22.2 Å². The molecule has 0 fully saturated rings. The highest BCUT2D eigenvalue weighted by atomic mass is 35.5. The van der Waals surface area contributed by atoms with Crippen LogP contribution in [-0.4, -0.2) is 23.4 Å². The molecule has 1 aliphatic heterocycles. The van der Waals surface area contributed by atoms with Gasteiger partial charge in [0.2, 0.25) is 0 Å². The SMILES string of the molecule is CCSC1=NCC(=O)N1c1cccc(Cl)c1C. The maximum absolute atomic E-state index is 11.9. The molecule has 0 N–H and O–H groups in total. The Morgan fingerprint density at radius 3 is 3.00 bits per heavy atom. The van der Waals surface area contributed by atoms with Gasteiger partial charge in [-0.15, -0.1) is 0 Å². The predicted octanol–water partition coefficient (Wildman–Crippen LogP) is 3.10. The van der Waals surface area contributed by atoms with Gasteiger partial charge in [0.1, 0.15) is 6.54 Å². The molecule has 1 aromatic rings. The number of carbonyl (C=O) groups excluding carboxylic acids is 1. The van der Waals surface area contributed by atoms with Crippen LogP contribution in [0.25, 0.3) is 0 Å². The number of thioether (sulfide) groups is 1. The molecule has 0 aliphatic carbocycles. The van der Waals surface area contributed by atoms with Crippen LogP contribution in [0.1, 0.15) is 12.5 Å². The largest absolute Gasteiger partial charge is 0.272 e. The Morgan fingerprint density at radius 2 is 2.29 bits per heavy atom. The molecule has 1 aliphatic rings. The zero-order valence-electron chi connectivity index (χ0n) is 9.74. The van der Waals surface area contributed by atoms with Gasteiger partial charge in [-0.25, -0.2) is 0 Å². The lowest BCUT2D eigenvalue weighted by Crippen LogP contribution is -2.31. The van der Waals surface area contributed by atoms with Crippen molar-refractivity contribution in [2.24, 2.45) is 4.99 Å². The van der Waals surface area contributed by atoms with Gasteiger partial charge in [-0.1, -0.05) is 36.4 Å². The second-order valence-electron chi connectivity index (χ2n) is 3.64. The summed E-state index contributed by atoms with van der Waals surface area (Å²) < 4.78 is 0. The van der Waals surface area contributed by atoms with E-state index in [2.05, 4.69) is 4.99 Å². The van der Waals surface area contributed by atoms with Crippen molar-refractivity contribution in [3.05, 3.63) is 28.8 Å². The Bertz CT molecular complexity index is 487. The number of carbonyl (C=O) groups is 1. The van der Waals surface area contributed by atoms with Crippen molar-refractivity contribution in [3.8, 4) is 0 Å². The summed E-state index contributed by atoms with van der Waals surface area (Å²) in [5.74, 6) is 0.897. The van der Waals surface area contributed by atoms with Crippen molar-refractivity contribution >= 4 is 40.1 Å². The third kappa shape index (κ3) is 2.33. The molecule has 0 saturated carbocycles. The maximum Gasteiger partial charge on any atom is 0.254 e. The third-order valence-corrected chi connectivity index (χ3v) is 3.81. The van der Waals surface area contributed by atoms with Gasteiger partial charge in [-0.05, 0) is 30.4 Å². The molecule has 1 heterocycles. The number of halogens is 1. The van der Waals surface area contributed by atoms with Gasteiger partial charge in [0.05, 0.1) is 5.69 Å². The molecule has 5 heteroatoms. The van der Waals surface area contributed by atoms with E-state index in [9.17, 15) is 4.79 Å². The first-order valence-corrected chi connectivity index (χ1v) is 6.76. The molecule has 0 unspecified atom stereocenters. The Kier molecular flexibility index (Phi) is 3.74. The van der Waals surface area contributed by atoms with Crippen molar-refractivity contribution in [3.63, 3.8) is 0 Å². The van der Waals surface area contributed by atoms with Crippen molar-refractivity contribution in [1.29, 1.82) is 0 Å². The Hall–Kier alpha value is -1.00. The third-order valence-electron chi connectivity index (χ3n) is 2.54. The second-order valence-corrected chi connectivity index (χ2v) is 5.28. The molecule has 0 atom stereocenters. The van der Waals surface area contributed by atoms with Crippen LogP contribution in [0.4, 0.5) is 5.69 Å². The number of nitrogens with zero attached hydrogens (tertiary/aromatic N) is 2. The van der Waals surface area contributed by atoms with Crippen LogP contribution in [0, 0.1) is 6.92 Å². The summed E-state index contributed by atoms with van der Waals surface area (Å²) in [4.78, 5) is 17.8. The van der Waals surface area contributed by atoms with E-state index in [0.29, 0.717) is 5.02 Å². The summed E-state index contributed by atoms with van der Waals surface area (Å²) in [6, 6.07) is 5.57. The van der Waals surface area contributed by atoms with Crippen molar-refractivity contribution in [2.45, 2.75) is 13.8 Å². The summed E-state index contributed by atoms with van der Waals surface area (Å²) in [7, 11) is 0. The number of hydrogen-bond acceptors (Lipinski definition) is 3. The first-order valence-electron chi connectivity index (χ1n) is 5.40. The number of rotatable bonds is 2. The van der Waals surface area contributed by atoms with Crippen molar-refractivity contribution in [1.82, 2.24) is 0 Å². The minimum atomic E-state index is 0.00585. The Balaban J connectivity index is 2.41. The van der Waals surface area contributed by atoms with Gasteiger partial charge >= 0.3 is 0 Å². The molecule has 90 valence electrons. The summed E-state index contributed by atoms with van der Waals surface area (Å²) in [5, 5.41) is 1.44. The van der Waals surface area contributed by atoms with Crippen LogP contribution < -0.4 is 4.90 Å². The average molecular weight is 269 g/mol. The van der Waals surface area contributed by atoms with E-state index in [1.807, 2.05) is 32.0 Å². The summed E-state index contributed by atoms with van der Waals surface area (Å²) in [5.41, 5.74) is 1.74. The van der Waals surface area contributed by atoms with Crippen LogP contribution in [-0.2, 0) is 4.79 Å². The second kappa shape index (κ2) is 5.10. The van der Waals surface area contributed by atoms with Crippen molar-refractivity contribution in [2.75, 3.05) is 17.2 Å². The molecule has 0 aromatic heterocycles. The Labute approximate surface area is 110 Å². The fraction of sp³-hybridized carbons (Fsp3) is 0.333. The highest BCUT2D eigenvalue weighted by Gasteiger charge is 2.28. The molecule has 0 saturated heterocycles. The molecular weight excluding hydrogens is 256 g/mol. The highest BCUT2D eigenvalue weighted by molar-refractivity contribution is 8.14. The molecule has 17 heavy (non-hydrogen) atoms. The van der Waals surface area contributed by atoms with E-state index in [-0.39, 0.29) is 12.5 Å². The van der Waals surface area contributed by atoms with Gasteiger partial charge in [-0.3, -0.25) is 14.7 Å². The number of amidine groups is 1. The average Bonchev–Trinajstić information content (AvgIpc) is 2.65. The van der Waals surface area contributed by atoms with Crippen LogP contribution in [0.2, 0.25) is 5.02 Å². The Morgan fingerprint density at radius 1 is 1.53 bits per heavy atom. The lowest BCUT2D eigenvalue weighted by molar-refractivity contribution is -0.115. The van der Waals surface area contributed by atoms with Gasteiger partial charge < -0.3 is 0 Å². The summed E-state index contributed by atoms with van der Waals surface area (Å²) in [6.07, 6.45) is 0. The number of benzene rings is 1. The molecule has 0 bridgehead atoms. The molecule has 1 aromatic carbocycles. The first kappa shape index (κ1) is 12.5. The normalized spacial score (nSPS) is 15.4. The molecule has 0 spiro atoms. The number of anilines is 1. The number of aliphatic imine (C=N–C) groups is 1. The number of amides is 1. The van der Waals surface area contributed by atoms with Crippen LogP contribution >= 0.6 is 23.4 Å². The first-order chi connectivity index (χ1) is 8.15. The summed E-state index contributed by atoms with van der Waals surface area (Å²) >= 11 is 7.65. The minimum Gasteiger partial charge on any atom is -0.272 e. The quantitative estimate of drug-likeness (QED) is 0.826. The standard InChI is InChI=1S/C12H13ClN2OS/c1-3-17-12-14-7-11(16)15(12)10-6-4-5-9(13)8(10)2/h4-6H,3,7H2,1-2H3. The smallest absolute Gasteiger partial charge is 0.254 e. The predicted molar refractivity (Wildman–Crippen MR) is 74.1 cm³/mol. The fourth-order valence-corrected chi connectivity index (χ4v) is 2.61. The van der Waals surface area contributed by atoms with Gasteiger partial charge in [0.25, 0.3) is 5.91 Å². The van der Waals surface area contributed by atoms with Crippen LogP contribution in [0.15, 0.2) is 23.2 Å². The van der Waals surface area contributed by atoms with E-state index in [4.69, 9.17) is 11.6 Å². The van der Waals surface area contributed by atoms with Crippen LogP contribution in [0.3, 0.4) is 0 Å². The number of hydrogen-bond donors (Lipinski definition) is 0. The minimum absolute atomic E-state index is 0.00585. The van der Waals surface area contributed by atoms with Gasteiger partial charge in [0, 0.05) is 5.02 Å². The maximum atomic E-state index is 11.9. The highest BCUT2D eigenvalue weighted by Crippen LogP contribution is 2.30. The van der Waals surface area contributed by atoms with E-state index in [1.54, 1.807) is 16.7 Å². The molecule has 1 amide bonds. The zero-order chi connectivity index (χ0) is 12.4. The topological polar surface area (TPSA) is 32.7 Å². The molecule has 0 radical (unpaired) electrons. The molecule has 2 rings (SSSR count). The van der Waals surface area contributed by atoms with Gasteiger partial charge in [-0.2, -0.15) is 0 Å². The zero-order valence-corrected chi connectivity index (χ0v) is 11.3. The summed E-state index contributed by atoms with van der Waals surface area (Å²) in [6.45, 7) is 4.19. The van der Waals surface area contributed by atoms with Crippen molar-refractivity contribution < 1.29 is 4.79 Å². The van der Waals surface area contributed by atoms with E-state index >= 15 is 0 Å².